The van der Waals surface area contributed by atoms with Crippen LogP contribution in [0, 0.1) is 11.8 Å². The molecule has 0 bridgehead atoms. The minimum Gasteiger partial charge on any atom is -0.481 e. The Morgan fingerprint density at radius 3 is 1.48 bits per heavy atom. The number of hydrogen-bond acceptors (Lipinski definition) is 11. The second kappa shape index (κ2) is 15.3. The lowest BCUT2D eigenvalue weighted by Crippen LogP contribution is -2.37. The van der Waals surface area contributed by atoms with Crippen molar-refractivity contribution in [1.29, 1.82) is 0 Å². The van der Waals surface area contributed by atoms with Crippen molar-refractivity contribution < 1.29 is 33.5 Å². The van der Waals surface area contributed by atoms with Crippen LogP contribution in [0.5, 0.6) is 11.8 Å². The molecular weight excluding hydrogens is 516 g/mol. The fraction of sp³-hybridized carbons (Fsp3) is 0.655. The van der Waals surface area contributed by atoms with E-state index in [9.17, 15) is 5.11 Å². The van der Waals surface area contributed by atoms with Gasteiger partial charge in [0.1, 0.15) is 19.7 Å². The van der Waals surface area contributed by atoms with Gasteiger partial charge in [0.2, 0.25) is 11.8 Å². The molecule has 2 fully saturated rings. The fourth-order valence-corrected chi connectivity index (χ4v) is 5.51. The monoisotopic (exact) mass is 560 g/mol. The van der Waals surface area contributed by atoms with Gasteiger partial charge in [0.25, 0.3) is 0 Å². The Balaban J connectivity index is 1.54. The lowest BCUT2D eigenvalue weighted by Gasteiger charge is -2.37. The van der Waals surface area contributed by atoms with Crippen LogP contribution in [0.4, 0.5) is 11.4 Å². The summed E-state index contributed by atoms with van der Waals surface area (Å²) in [5, 5.41) is 11.8. The molecule has 2 aliphatic rings. The van der Waals surface area contributed by atoms with E-state index in [0.29, 0.717) is 50.4 Å². The van der Waals surface area contributed by atoms with Crippen LogP contribution in [-0.4, -0.2) is 96.5 Å². The minimum absolute atomic E-state index is 0.315. The molecule has 0 unspecified atom stereocenters. The van der Waals surface area contributed by atoms with Crippen LogP contribution in [-0.2, 0) is 18.9 Å². The van der Waals surface area contributed by atoms with Crippen molar-refractivity contribution in [3.8, 4) is 11.8 Å². The van der Waals surface area contributed by atoms with Crippen LogP contribution in [0.1, 0.15) is 42.9 Å². The van der Waals surface area contributed by atoms with E-state index in [0.717, 1.165) is 74.4 Å². The second-order valence-corrected chi connectivity index (χ2v) is 10.4. The fourth-order valence-electron chi connectivity index (χ4n) is 5.51. The van der Waals surface area contributed by atoms with Crippen LogP contribution in [0.2, 0.25) is 0 Å². The number of hydrogen-bond donors (Lipinski definition) is 1. The Kier molecular flexibility index (Phi) is 11.6. The first kappa shape index (κ1) is 30.3. The van der Waals surface area contributed by atoms with E-state index < -0.39 is 6.10 Å². The van der Waals surface area contributed by atoms with Crippen molar-refractivity contribution in [2.24, 2.45) is 11.8 Å². The summed E-state index contributed by atoms with van der Waals surface area (Å²) in [6, 6.07) is 3.84. The minimum atomic E-state index is -0.924. The highest BCUT2D eigenvalue weighted by Crippen LogP contribution is 2.39. The van der Waals surface area contributed by atoms with Gasteiger partial charge in [-0.1, -0.05) is 0 Å². The molecule has 0 radical (unpaired) electrons. The molecule has 2 saturated heterocycles. The predicted molar refractivity (Wildman–Crippen MR) is 151 cm³/mol. The molecule has 4 heterocycles. The average Bonchev–Trinajstić information content (AvgIpc) is 3.01. The Morgan fingerprint density at radius 2 is 1.12 bits per heavy atom. The van der Waals surface area contributed by atoms with Crippen molar-refractivity contribution in [1.82, 2.24) is 9.97 Å². The lowest BCUT2D eigenvalue weighted by atomic mass is 9.94. The lowest BCUT2D eigenvalue weighted by molar-refractivity contribution is -0.0457. The number of rotatable bonds is 14. The summed E-state index contributed by atoms with van der Waals surface area (Å²) in [7, 11) is 6.49. The Hall–Kier alpha value is -2.70. The molecule has 40 heavy (non-hydrogen) atoms. The van der Waals surface area contributed by atoms with Gasteiger partial charge in [-0.25, -0.2) is 9.97 Å². The first-order chi connectivity index (χ1) is 19.6. The number of aliphatic hydroxyl groups is 1. The van der Waals surface area contributed by atoms with E-state index in [1.54, 1.807) is 40.8 Å². The molecule has 0 aromatic carbocycles. The van der Waals surface area contributed by atoms with E-state index in [-0.39, 0.29) is 0 Å². The number of methoxy groups -OCH3 is 4. The standard InChI is InChI=1S/C29H44N4O7/c1-35-19-39-17-21-5-9-32(10-6-21)25-13-27(37-3)30-15-23(25)29(34)24-16-31-28(38-4)14-26(24)33-11-7-22(8-12-33)18-40-20-36-2/h13-16,21-22,29,34H,5-12,17-20H2,1-4H3. The van der Waals surface area contributed by atoms with Gasteiger partial charge < -0.3 is 43.3 Å². The summed E-state index contributed by atoms with van der Waals surface area (Å²) in [5.74, 6) is 1.98. The molecule has 1 N–H and O–H groups in total. The van der Waals surface area contributed by atoms with Crippen LogP contribution < -0.4 is 19.3 Å². The zero-order valence-corrected chi connectivity index (χ0v) is 24.2. The zero-order valence-electron chi connectivity index (χ0n) is 24.2. The normalized spacial score (nSPS) is 17.1. The Bertz CT molecular complexity index is 962. The van der Waals surface area contributed by atoms with Gasteiger partial charge in [0.05, 0.1) is 27.4 Å². The quantitative estimate of drug-likeness (QED) is 0.272. The van der Waals surface area contributed by atoms with Gasteiger partial charge >= 0.3 is 0 Å². The highest BCUT2D eigenvalue weighted by atomic mass is 16.7. The smallest absolute Gasteiger partial charge is 0.215 e. The molecule has 2 aromatic rings. The SMILES string of the molecule is COCOCC1CCN(c2cc(OC)ncc2C(O)c2cnc(OC)cc2N2CCC(COCOC)CC2)CC1. The van der Waals surface area contributed by atoms with E-state index >= 15 is 0 Å². The van der Waals surface area contributed by atoms with Gasteiger partial charge in [-0.3, -0.25) is 0 Å². The van der Waals surface area contributed by atoms with E-state index in [1.807, 2.05) is 12.1 Å². The second-order valence-electron chi connectivity index (χ2n) is 10.4. The number of ether oxygens (including phenoxy) is 6. The van der Waals surface area contributed by atoms with E-state index in [1.165, 1.54) is 0 Å². The largest absolute Gasteiger partial charge is 0.481 e. The molecule has 0 aliphatic carbocycles. The Labute approximate surface area is 237 Å². The number of aliphatic hydroxyl groups excluding tert-OH is 1. The topological polar surface area (TPSA) is 108 Å². The maximum absolute atomic E-state index is 11.8. The van der Waals surface area contributed by atoms with Crippen LogP contribution in [0.25, 0.3) is 0 Å². The summed E-state index contributed by atoms with van der Waals surface area (Å²) in [6.45, 7) is 5.39. The van der Waals surface area contributed by atoms with E-state index in [2.05, 4.69) is 19.8 Å². The molecule has 0 saturated carbocycles. The third kappa shape index (κ3) is 7.73. The van der Waals surface area contributed by atoms with Gasteiger partial charge in [-0.05, 0) is 37.5 Å². The van der Waals surface area contributed by atoms with Crippen molar-refractivity contribution >= 4 is 11.4 Å². The molecule has 2 aliphatic heterocycles. The molecule has 222 valence electrons. The average molecular weight is 561 g/mol. The van der Waals surface area contributed by atoms with Gasteiger partial charge in [-0.2, -0.15) is 0 Å². The van der Waals surface area contributed by atoms with Crippen molar-refractivity contribution in [3.63, 3.8) is 0 Å². The van der Waals surface area contributed by atoms with Crippen LogP contribution in [0.3, 0.4) is 0 Å². The molecule has 2 aromatic heterocycles. The molecule has 11 nitrogen and oxygen atoms in total. The van der Waals surface area contributed by atoms with Crippen LogP contribution >= 0.6 is 0 Å². The summed E-state index contributed by atoms with van der Waals surface area (Å²) in [6.07, 6.45) is 6.47. The molecule has 11 heteroatoms. The van der Waals surface area contributed by atoms with Crippen molar-refractivity contribution in [3.05, 3.63) is 35.7 Å². The maximum Gasteiger partial charge on any atom is 0.215 e. The number of pyridine rings is 2. The molecule has 4 rings (SSSR count). The van der Waals surface area contributed by atoms with E-state index in [4.69, 9.17) is 28.4 Å². The first-order valence-corrected chi connectivity index (χ1v) is 14.0. The molecule has 0 amide bonds. The summed E-state index contributed by atoms with van der Waals surface area (Å²) < 4.78 is 32.1. The Morgan fingerprint density at radius 1 is 0.725 bits per heavy atom. The number of anilines is 2. The molecule has 0 spiro atoms. The number of piperidine rings is 2. The van der Waals surface area contributed by atoms with Crippen LogP contribution in [0.15, 0.2) is 24.5 Å². The van der Waals surface area contributed by atoms with Crippen molar-refractivity contribution in [2.45, 2.75) is 31.8 Å². The summed E-state index contributed by atoms with van der Waals surface area (Å²) in [4.78, 5) is 13.5. The predicted octanol–water partition coefficient (Wildman–Crippen LogP) is 3.25. The first-order valence-electron chi connectivity index (χ1n) is 14.0. The van der Waals surface area contributed by atoms with Gasteiger partial charge in [0.15, 0.2) is 0 Å². The third-order valence-corrected chi connectivity index (χ3v) is 7.80. The maximum atomic E-state index is 11.8. The summed E-state index contributed by atoms with van der Waals surface area (Å²) in [5.41, 5.74) is 3.30. The zero-order chi connectivity index (χ0) is 28.3. The van der Waals surface area contributed by atoms with Gasteiger partial charge in [-0.15, -0.1) is 0 Å². The van der Waals surface area contributed by atoms with Gasteiger partial charge in [0, 0.05) is 87.4 Å². The number of aromatic nitrogens is 2. The third-order valence-electron chi connectivity index (χ3n) is 7.80. The number of nitrogens with zero attached hydrogens (tertiary/aromatic N) is 4. The highest BCUT2D eigenvalue weighted by Gasteiger charge is 2.29. The summed E-state index contributed by atoms with van der Waals surface area (Å²) >= 11 is 0. The highest BCUT2D eigenvalue weighted by molar-refractivity contribution is 5.63. The molecular formula is C29H44N4O7. The van der Waals surface area contributed by atoms with Crippen molar-refractivity contribution in [2.75, 3.05) is 91.2 Å². The molecule has 0 atom stereocenters.